The van der Waals surface area contributed by atoms with Crippen LogP contribution in [0.5, 0.6) is 0 Å². The molecule has 0 fully saturated rings. The Hall–Kier alpha value is -0.0400. The summed E-state index contributed by atoms with van der Waals surface area (Å²) in [5, 5.41) is 0. The van der Waals surface area contributed by atoms with E-state index in [0.717, 1.165) is 5.92 Å². The highest BCUT2D eigenvalue weighted by atomic mass is 15.1. The van der Waals surface area contributed by atoms with E-state index < -0.39 is 0 Å². The third-order valence-corrected chi connectivity index (χ3v) is 10.3. The highest BCUT2D eigenvalue weighted by Gasteiger charge is 2.06. The van der Waals surface area contributed by atoms with Gasteiger partial charge in [0, 0.05) is 0 Å². The van der Waals surface area contributed by atoms with Gasteiger partial charge in [0.05, 0.1) is 0 Å². The molecule has 0 heterocycles. The summed E-state index contributed by atoms with van der Waals surface area (Å²) in [5.74, 6) is 0.928. The molecule has 0 aliphatic rings. The van der Waals surface area contributed by atoms with E-state index >= 15 is 0 Å². The van der Waals surface area contributed by atoms with Crippen LogP contribution in [0, 0.1) is 5.92 Å². The molecule has 0 radical (unpaired) electrons. The minimum Gasteiger partial charge on any atom is -0.303 e. The quantitative estimate of drug-likeness (QED) is 0.0602. The molecule has 0 N–H and O–H groups in total. The average molecular weight is 650 g/mol. The lowest BCUT2D eigenvalue weighted by atomic mass is 10.0. The van der Waals surface area contributed by atoms with Gasteiger partial charge < -0.3 is 4.90 Å². The Kier molecular flexibility index (Phi) is 47.0. The van der Waals surface area contributed by atoms with Gasteiger partial charge in [0.2, 0.25) is 0 Å². The zero-order chi connectivity index (χ0) is 34.0. The van der Waals surface area contributed by atoms with Crippen molar-refractivity contribution in [3.05, 3.63) is 0 Å². The van der Waals surface area contributed by atoms with Crippen molar-refractivity contribution in [2.24, 2.45) is 5.92 Å². The highest BCUT2D eigenvalue weighted by molar-refractivity contribution is 4.61. The molecule has 0 unspecified atom stereocenters. The summed E-state index contributed by atoms with van der Waals surface area (Å²) in [5.41, 5.74) is 0. The third kappa shape index (κ3) is 44.0. The SMILES string of the molecule is CCC.CCCCCCCCCCCCCCCCN(CCCCCCCCCCCCCCCC)CCCCCC[C@H](C)CC. The molecule has 0 aromatic rings. The fraction of sp³-hybridized carbons (Fsp3) is 1.00. The van der Waals surface area contributed by atoms with E-state index in [0.29, 0.717) is 0 Å². The molecule has 1 heteroatoms. The summed E-state index contributed by atoms with van der Waals surface area (Å²) < 4.78 is 0. The van der Waals surface area contributed by atoms with Gasteiger partial charge in [-0.1, -0.05) is 247 Å². The van der Waals surface area contributed by atoms with Gasteiger partial charge in [-0.25, -0.2) is 0 Å². The number of rotatable bonds is 38. The van der Waals surface area contributed by atoms with Gasteiger partial charge in [0.25, 0.3) is 0 Å². The highest BCUT2D eigenvalue weighted by Crippen LogP contribution is 2.16. The van der Waals surface area contributed by atoms with Crippen molar-refractivity contribution in [1.82, 2.24) is 4.90 Å². The van der Waals surface area contributed by atoms with E-state index in [1.165, 1.54) is 244 Å². The van der Waals surface area contributed by atoms with Gasteiger partial charge in [0.15, 0.2) is 0 Å². The Morgan fingerprint density at radius 1 is 0.304 bits per heavy atom. The average Bonchev–Trinajstić information content (AvgIpc) is 3.06. The van der Waals surface area contributed by atoms with Crippen molar-refractivity contribution in [3.8, 4) is 0 Å². The minimum absolute atomic E-state index is 0.928. The summed E-state index contributed by atoms with van der Waals surface area (Å²) in [6, 6.07) is 0. The van der Waals surface area contributed by atoms with Crippen LogP contribution in [0.1, 0.15) is 266 Å². The number of unbranched alkanes of at least 4 members (excludes halogenated alkanes) is 29. The molecule has 0 aliphatic carbocycles. The predicted molar refractivity (Wildman–Crippen MR) is 216 cm³/mol. The van der Waals surface area contributed by atoms with E-state index in [1.807, 2.05) is 0 Å². The molecule has 0 saturated carbocycles. The lowest BCUT2D eigenvalue weighted by Crippen LogP contribution is -2.27. The zero-order valence-corrected chi connectivity index (χ0v) is 33.9. The van der Waals surface area contributed by atoms with Gasteiger partial charge in [-0.2, -0.15) is 0 Å². The van der Waals surface area contributed by atoms with Crippen molar-refractivity contribution in [1.29, 1.82) is 0 Å². The first-order valence-corrected chi connectivity index (χ1v) is 22.4. The topological polar surface area (TPSA) is 3.24 Å². The predicted octanol–water partition coefficient (Wildman–Crippen LogP) is 16.7. The summed E-state index contributed by atoms with van der Waals surface area (Å²) >= 11 is 0. The Labute approximate surface area is 296 Å². The van der Waals surface area contributed by atoms with Crippen molar-refractivity contribution in [2.75, 3.05) is 19.6 Å². The van der Waals surface area contributed by atoms with Gasteiger partial charge in [-0.3, -0.25) is 0 Å². The Morgan fingerprint density at radius 3 is 0.761 bits per heavy atom. The zero-order valence-electron chi connectivity index (χ0n) is 33.9. The fourth-order valence-electron chi connectivity index (χ4n) is 6.78. The molecule has 0 aliphatic heterocycles. The summed E-state index contributed by atoms with van der Waals surface area (Å²) in [6.07, 6.45) is 50.8. The maximum absolute atomic E-state index is 2.86. The Balaban J connectivity index is 0. The monoisotopic (exact) mass is 650 g/mol. The molecule has 0 aromatic carbocycles. The third-order valence-electron chi connectivity index (χ3n) is 10.3. The molecule has 0 bridgehead atoms. The fourth-order valence-corrected chi connectivity index (χ4v) is 6.78. The molecule has 0 rings (SSSR count). The molecular weight excluding hydrogens is 555 g/mol. The maximum Gasteiger partial charge on any atom is -0.00187 e. The van der Waals surface area contributed by atoms with E-state index in [2.05, 4.69) is 46.4 Å². The lowest BCUT2D eigenvalue weighted by molar-refractivity contribution is 0.253. The maximum atomic E-state index is 2.86. The number of nitrogens with zero attached hydrogens (tertiary/aromatic N) is 1. The van der Waals surface area contributed by atoms with Crippen molar-refractivity contribution in [2.45, 2.75) is 266 Å². The summed E-state index contributed by atoms with van der Waals surface area (Å²) in [7, 11) is 0. The van der Waals surface area contributed by atoms with E-state index in [9.17, 15) is 0 Å². The molecular formula is C45H95N. The normalized spacial score (nSPS) is 12.1. The molecule has 0 aromatic heterocycles. The lowest BCUT2D eigenvalue weighted by Gasteiger charge is -2.22. The largest absolute Gasteiger partial charge is 0.303 e. The summed E-state index contributed by atoms with van der Waals surface area (Å²) in [4.78, 5) is 2.86. The van der Waals surface area contributed by atoms with Crippen LogP contribution in [0.25, 0.3) is 0 Å². The van der Waals surface area contributed by atoms with Crippen molar-refractivity contribution >= 4 is 0 Å². The minimum atomic E-state index is 0.928. The Morgan fingerprint density at radius 2 is 0.522 bits per heavy atom. The second kappa shape index (κ2) is 45.0. The second-order valence-corrected chi connectivity index (χ2v) is 15.5. The van der Waals surface area contributed by atoms with E-state index in [4.69, 9.17) is 0 Å². The van der Waals surface area contributed by atoms with Crippen LogP contribution in [-0.2, 0) is 0 Å². The summed E-state index contributed by atoms with van der Waals surface area (Å²) in [6.45, 7) is 17.7. The first-order valence-electron chi connectivity index (χ1n) is 22.4. The van der Waals surface area contributed by atoms with Crippen LogP contribution >= 0.6 is 0 Å². The van der Waals surface area contributed by atoms with Crippen LogP contribution in [0.2, 0.25) is 0 Å². The van der Waals surface area contributed by atoms with Crippen LogP contribution in [0.4, 0.5) is 0 Å². The molecule has 0 saturated heterocycles. The van der Waals surface area contributed by atoms with Crippen LogP contribution in [0.3, 0.4) is 0 Å². The van der Waals surface area contributed by atoms with Crippen LogP contribution in [0.15, 0.2) is 0 Å². The first kappa shape index (κ1) is 48.1. The smallest absolute Gasteiger partial charge is 0.00187 e. The molecule has 1 nitrogen and oxygen atoms in total. The van der Waals surface area contributed by atoms with E-state index in [1.54, 1.807) is 0 Å². The molecule has 1 atom stereocenters. The number of hydrogen-bond acceptors (Lipinski definition) is 1. The van der Waals surface area contributed by atoms with Gasteiger partial charge in [-0.15, -0.1) is 0 Å². The van der Waals surface area contributed by atoms with Crippen LogP contribution in [-0.4, -0.2) is 24.5 Å². The first-order chi connectivity index (χ1) is 22.7. The van der Waals surface area contributed by atoms with E-state index in [-0.39, 0.29) is 0 Å². The van der Waals surface area contributed by atoms with Gasteiger partial charge in [0.1, 0.15) is 0 Å². The Bertz CT molecular complexity index is 455. The van der Waals surface area contributed by atoms with Gasteiger partial charge in [-0.05, 0) is 44.8 Å². The molecule has 0 amide bonds. The van der Waals surface area contributed by atoms with Crippen molar-refractivity contribution in [3.63, 3.8) is 0 Å². The van der Waals surface area contributed by atoms with Crippen molar-refractivity contribution < 1.29 is 0 Å². The molecule has 0 spiro atoms. The van der Waals surface area contributed by atoms with Gasteiger partial charge >= 0.3 is 0 Å². The van der Waals surface area contributed by atoms with Crippen LogP contribution < -0.4 is 0 Å². The molecule has 46 heavy (non-hydrogen) atoms. The second-order valence-electron chi connectivity index (χ2n) is 15.5. The number of hydrogen-bond donors (Lipinski definition) is 0. The standard InChI is InChI=1S/C42H87N.C3H8/c1-5-8-10-12-14-16-18-20-22-24-26-28-31-35-39-43(41-37-33-30-34-38-42(4)7-3)40-36-32-29-27-25-23-21-19-17-15-13-11-9-6-2;1-3-2/h42H,5-41H2,1-4H3;3H2,1-2H3/t42-;/m1./s1. The molecule has 280 valence electrons.